The van der Waals surface area contributed by atoms with Gasteiger partial charge < -0.3 is 10.4 Å². The summed E-state index contributed by atoms with van der Waals surface area (Å²) in [6, 6.07) is 0.781. The van der Waals surface area contributed by atoms with Crippen LogP contribution in [0.15, 0.2) is 12.1 Å². The third kappa shape index (κ3) is 2.94. The first-order chi connectivity index (χ1) is 7.97. The number of nitro groups is 1. The van der Waals surface area contributed by atoms with Crippen molar-refractivity contribution in [2.24, 2.45) is 0 Å². The van der Waals surface area contributed by atoms with Crippen molar-refractivity contribution in [1.82, 2.24) is 5.32 Å². The van der Waals surface area contributed by atoms with E-state index in [2.05, 4.69) is 5.32 Å². The molecule has 2 N–H and O–H groups in total. The van der Waals surface area contributed by atoms with Gasteiger partial charge in [-0.2, -0.15) is 4.39 Å². The van der Waals surface area contributed by atoms with Crippen molar-refractivity contribution in [2.75, 3.05) is 13.2 Å². The molecule has 1 amide bonds. The number of nitro benzene ring substituents is 1. The zero-order valence-electron chi connectivity index (χ0n) is 8.44. The second-order valence-electron chi connectivity index (χ2n) is 3.02. The summed E-state index contributed by atoms with van der Waals surface area (Å²) in [6.07, 6.45) is 0. The van der Waals surface area contributed by atoms with Crippen LogP contribution in [0, 0.1) is 21.7 Å². The number of aliphatic hydroxyl groups is 1. The molecule has 1 aromatic carbocycles. The molecular formula is C9H8F2N2O4. The van der Waals surface area contributed by atoms with Crippen molar-refractivity contribution >= 4 is 11.6 Å². The predicted octanol–water partition coefficient (Wildman–Crippen LogP) is 0.595. The molecule has 8 heteroatoms. The molecule has 0 aromatic heterocycles. The van der Waals surface area contributed by atoms with Crippen LogP contribution < -0.4 is 5.32 Å². The Morgan fingerprint density at radius 1 is 1.41 bits per heavy atom. The number of carbonyl (C=O) groups is 1. The molecule has 0 saturated heterocycles. The largest absolute Gasteiger partial charge is 0.395 e. The minimum atomic E-state index is -1.30. The standard InChI is InChI=1S/C9H8F2N2O4/c10-6-4-8(13(16)17)7(11)3-5(6)9(15)12-1-2-14/h3-4,14H,1-2H2,(H,12,15). The average Bonchev–Trinajstić information content (AvgIpc) is 2.28. The molecule has 0 spiro atoms. The molecule has 0 unspecified atom stereocenters. The first-order valence-corrected chi connectivity index (χ1v) is 4.50. The first kappa shape index (κ1) is 13.0. The van der Waals surface area contributed by atoms with Crippen LogP contribution in [0.1, 0.15) is 10.4 Å². The summed E-state index contributed by atoms with van der Waals surface area (Å²) in [7, 11) is 0. The van der Waals surface area contributed by atoms with E-state index in [0.717, 1.165) is 0 Å². The second-order valence-corrected chi connectivity index (χ2v) is 3.02. The summed E-state index contributed by atoms with van der Waals surface area (Å²) in [5.74, 6) is -3.45. The summed E-state index contributed by atoms with van der Waals surface area (Å²) in [5, 5.41) is 20.8. The predicted molar refractivity (Wildman–Crippen MR) is 52.4 cm³/mol. The number of aliphatic hydroxyl groups excluding tert-OH is 1. The van der Waals surface area contributed by atoms with Gasteiger partial charge in [-0.25, -0.2) is 4.39 Å². The lowest BCUT2D eigenvalue weighted by atomic mass is 10.1. The van der Waals surface area contributed by atoms with Crippen LogP contribution in [0.3, 0.4) is 0 Å². The Kier molecular flexibility index (Phi) is 4.05. The monoisotopic (exact) mass is 246 g/mol. The van der Waals surface area contributed by atoms with Gasteiger partial charge in [0, 0.05) is 6.54 Å². The summed E-state index contributed by atoms with van der Waals surface area (Å²) < 4.78 is 26.4. The van der Waals surface area contributed by atoms with Crippen LogP contribution in [0.25, 0.3) is 0 Å². The topological polar surface area (TPSA) is 92.5 Å². The number of nitrogens with zero attached hydrogens (tertiary/aromatic N) is 1. The third-order valence-electron chi connectivity index (χ3n) is 1.88. The molecule has 0 bridgehead atoms. The summed E-state index contributed by atoms with van der Waals surface area (Å²) in [6.45, 7) is -0.486. The molecule has 17 heavy (non-hydrogen) atoms. The lowest BCUT2D eigenvalue weighted by Gasteiger charge is -2.04. The number of amides is 1. The Balaban J connectivity index is 3.07. The van der Waals surface area contributed by atoms with E-state index < -0.39 is 33.7 Å². The molecule has 0 saturated carbocycles. The maximum absolute atomic E-state index is 13.3. The van der Waals surface area contributed by atoms with Gasteiger partial charge in [0.2, 0.25) is 5.82 Å². The van der Waals surface area contributed by atoms with E-state index in [1.807, 2.05) is 0 Å². The van der Waals surface area contributed by atoms with Gasteiger partial charge in [0.15, 0.2) is 0 Å². The van der Waals surface area contributed by atoms with E-state index in [4.69, 9.17) is 5.11 Å². The molecule has 0 heterocycles. The third-order valence-corrected chi connectivity index (χ3v) is 1.88. The highest BCUT2D eigenvalue weighted by molar-refractivity contribution is 5.94. The highest BCUT2D eigenvalue weighted by Gasteiger charge is 2.21. The number of hydrogen-bond donors (Lipinski definition) is 2. The van der Waals surface area contributed by atoms with Crippen LogP contribution in [0.4, 0.5) is 14.5 Å². The van der Waals surface area contributed by atoms with Crippen molar-refractivity contribution < 1.29 is 23.6 Å². The van der Waals surface area contributed by atoms with Gasteiger partial charge in [-0.3, -0.25) is 14.9 Å². The lowest BCUT2D eigenvalue weighted by Crippen LogP contribution is -2.27. The molecule has 0 radical (unpaired) electrons. The van der Waals surface area contributed by atoms with E-state index in [1.165, 1.54) is 0 Å². The Hall–Kier alpha value is -2.09. The fourth-order valence-electron chi connectivity index (χ4n) is 1.11. The summed E-state index contributed by atoms with van der Waals surface area (Å²) >= 11 is 0. The highest BCUT2D eigenvalue weighted by atomic mass is 19.1. The molecule has 0 fully saturated rings. The van der Waals surface area contributed by atoms with Crippen LogP contribution in [0.5, 0.6) is 0 Å². The van der Waals surface area contributed by atoms with E-state index in [1.54, 1.807) is 0 Å². The van der Waals surface area contributed by atoms with E-state index in [-0.39, 0.29) is 13.2 Å². The number of carbonyl (C=O) groups excluding carboxylic acids is 1. The maximum atomic E-state index is 13.3. The number of nitrogens with one attached hydrogen (secondary N) is 1. The lowest BCUT2D eigenvalue weighted by molar-refractivity contribution is -0.387. The van der Waals surface area contributed by atoms with Crippen LogP contribution in [-0.4, -0.2) is 29.1 Å². The molecule has 0 aliphatic rings. The van der Waals surface area contributed by atoms with Crippen molar-refractivity contribution in [1.29, 1.82) is 0 Å². The number of hydrogen-bond acceptors (Lipinski definition) is 4. The maximum Gasteiger partial charge on any atom is 0.307 e. The molecular weight excluding hydrogens is 238 g/mol. The Labute approximate surface area is 94.0 Å². The van der Waals surface area contributed by atoms with Crippen molar-refractivity contribution in [3.8, 4) is 0 Å². The second kappa shape index (κ2) is 5.30. The molecule has 0 aliphatic heterocycles. The molecule has 0 aliphatic carbocycles. The molecule has 6 nitrogen and oxygen atoms in total. The normalized spacial score (nSPS) is 10.1. The molecule has 1 rings (SSSR count). The zero-order chi connectivity index (χ0) is 13.0. The molecule has 1 aromatic rings. The number of halogens is 2. The minimum Gasteiger partial charge on any atom is -0.395 e. The number of rotatable bonds is 4. The van der Waals surface area contributed by atoms with Gasteiger partial charge in [0.05, 0.1) is 23.2 Å². The van der Waals surface area contributed by atoms with Crippen molar-refractivity contribution in [3.05, 3.63) is 39.4 Å². The SMILES string of the molecule is O=C(NCCO)c1cc(F)c([N+](=O)[O-])cc1F. The summed E-state index contributed by atoms with van der Waals surface area (Å²) in [4.78, 5) is 20.5. The van der Waals surface area contributed by atoms with Gasteiger partial charge in [-0.15, -0.1) is 0 Å². The fourth-order valence-corrected chi connectivity index (χ4v) is 1.11. The van der Waals surface area contributed by atoms with E-state index in [0.29, 0.717) is 12.1 Å². The smallest absolute Gasteiger partial charge is 0.307 e. The van der Waals surface area contributed by atoms with Gasteiger partial charge in [0.1, 0.15) is 5.82 Å². The fraction of sp³-hybridized carbons (Fsp3) is 0.222. The molecule has 92 valence electrons. The number of benzene rings is 1. The van der Waals surface area contributed by atoms with E-state index >= 15 is 0 Å². The van der Waals surface area contributed by atoms with Crippen molar-refractivity contribution in [3.63, 3.8) is 0 Å². The van der Waals surface area contributed by atoms with Gasteiger partial charge >= 0.3 is 5.69 Å². The van der Waals surface area contributed by atoms with Crippen LogP contribution in [0.2, 0.25) is 0 Å². The summed E-state index contributed by atoms with van der Waals surface area (Å²) in [5.41, 5.74) is -1.69. The Bertz CT molecular complexity index is 465. The van der Waals surface area contributed by atoms with Gasteiger partial charge in [0.25, 0.3) is 5.91 Å². The Morgan fingerprint density at radius 2 is 2.06 bits per heavy atom. The quantitative estimate of drug-likeness (QED) is 0.600. The molecule has 0 atom stereocenters. The van der Waals surface area contributed by atoms with Crippen molar-refractivity contribution in [2.45, 2.75) is 0 Å². The highest BCUT2D eigenvalue weighted by Crippen LogP contribution is 2.21. The minimum absolute atomic E-state index is 0.128. The Morgan fingerprint density at radius 3 is 2.59 bits per heavy atom. The van der Waals surface area contributed by atoms with Crippen LogP contribution >= 0.6 is 0 Å². The van der Waals surface area contributed by atoms with Gasteiger partial charge in [-0.1, -0.05) is 0 Å². The zero-order valence-corrected chi connectivity index (χ0v) is 8.44. The van der Waals surface area contributed by atoms with Gasteiger partial charge in [-0.05, 0) is 6.07 Å². The average molecular weight is 246 g/mol. The van der Waals surface area contributed by atoms with Crippen LogP contribution in [-0.2, 0) is 0 Å². The van der Waals surface area contributed by atoms with E-state index in [9.17, 15) is 23.7 Å². The first-order valence-electron chi connectivity index (χ1n) is 4.50.